The summed E-state index contributed by atoms with van der Waals surface area (Å²) in [6.45, 7) is 1.16. The molecule has 0 aliphatic heterocycles. The molecule has 4 heteroatoms. The van der Waals surface area contributed by atoms with Crippen molar-refractivity contribution in [2.24, 2.45) is 0 Å². The van der Waals surface area contributed by atoms with Crippen molar-refractivity contribution >= 4 is 15.9 Å². The number of nitriles is 1. The molecule has 0 saturated heterocycles. The molecular weight excluding hydrogens is 316 g/mol. The van der Waals surface area contributed by atoms with Crippen molar-refractivity contribution in [2.75, 3.05) is 7.05 Å². The summed E-state index contributed by atoms with van der Waals surface area (Å²) in [6.07, 6.45) is 0. The van der Waals surface area contributed by atoms with E-state index in [4.69, 9.17) is 10.00 Å². The van der Waals surface area contributed by atoms with Crippen molar-refractivity contribution in [2.45, 2.75) is 13.2 Å². The Morgan fingerprint density at radius 1 is 1.20 bits per heavy atom. The molecule has 3 nitrogen and oxygen atoms in total. The van der Waals surface area contributed by atoms with Gasteiger partial charge >= 0.3 is 0 Å². The second-order valence-corrected chi connectivity index (χ2v) is 5.20. The minimum absolute atomic E-state index is 0.393. The van der Waals surface area contributed by atoms with Crippen LogP contribution < -0.4 is 10.1 Å². The van der Waals surface area contributed by atoms with E-state index >= 15 is 0 Å². The molecule has 20 heavy (non-hydrogen) atoms. The van der Waals surface area contributed by atoms with E-state index in [1.165, 1.54) is 0 Å². The Balaban J connectivity index is 2.11. The molecule has 0 saturated carbocycles. The van der Waals surface area contributed by atoms with Gasteiger partial charge in [0.1, 0.15) is 12.4 Å². The first-order valence-electron chi connectivity index (χ1n) is 6.28. The molecule has 0 spiro atoms. The number of ether oxygens (including phenoxy) is 1. The Morgan fingerprint density at radius 2 is 2.00 bits per heavy atom. The zero-order valence-electron chi connectivity index (χ0n) is 11.2. The summed E-state index contributed by atoms with van der Waals surface area (Å²) in [6, 6.07) is 15.5. The Bertz CT molecular complexity index is 635. The predicted molar refractivity (Wildman–Crippen MR) is 82.4 cm³/mol. The van der Waals surface area contributed by atoms with Crippen LogP contribution in [0.5, 0.6) is 5.75 Å². The minimum atomic E-state index is 0.393. The van der Waals surface area contributed by atoms with Crippen molar-refractivity contribution < 1.29 is 4.74 Å². The van der Waals surface area contributed by atoms with Crippen LogP contribution in [0.15, 0.2) is 46.9 Å². The topological polar surface area (TPSA) is 45.0 Å². The number of hydrogen-bond acceptors (Lipinski definition) is 3. The molecule has 0 amide bonds. The molecule has 2 aromatic rings. The van der Waals surface area contributed by atoms with Crippen molar-refractivity contribution in [3.63, 3.8) is 0 Å². The van der Waals surface area contributed by atoms with Gasteiger partial charge in [0.25, 0.3) is 0 Å². The maximum absolute atomic E-state index is 9.05. The first-order valence-corrected chi connectivity index (χ1v) is 7.07. The predicted octanol–water partition coefficient (Wildman–Crippen LogP) is 3.62. The summed E-state index contributed by atoms with van der Waals surface area (Å²) in [5.41, 5.74) is 2.69. The summed E-state index contributed by atoms with van der Waals surface area (Å²) >= 11 is 3.51. The lowest BCUT2D eigenvalue weighted by Crippen LogP contribution is -2.06. The number of halogens is 1. The first-order chi connectivity index (χ1) is 9.74. The van der Waals surface area contributed by atoms with Crippen LogP contribution in [0.4, 0.5) is 0 Å². The van der Waals surface area contributed by atoms with Gasteiger partial charge in [-0.25, -0.2) is 0 Å². The van der Waals surface area contributed by atoms with Gasteiger partial charge in [0.2, 0.25) is 0 Å². The van der Waals surface area contributed by atoms with E-state index in [-0.39, 0.29) is 0 Å². The molecule has 1 N–H and O–H groups in total. The normalized spacial score (nSPS) is 10.1. The quantitative estimate of drug-likeness (QED) is 0.910. The lowest BCUT2D eigenvalue weighted by molar-refractivity contribution is 0.305. The SMILES string of the molecule is CNCc1cc(OCc2ccccc2C#N)ccc1Br. The van der Waals surface area contributed by atoms with Gasteiger partial charge in [-0.15, -0.1) is 0 Å². The van der Waals surface area contributed by atoms with Crippen LogP contribution in [-0.2, 0) is 13.2 Å². The summed E-state index contributed by atoms with van der Waals surface area (Å²) in [7, 11) is 1.91. The summed E-state index contributed by atoms with van der Waals surface area (Å²) in [5, 5.41) is 12.2. The first kappa shape index (κ1) is 14.6. The highest BCUT2D eigenvalue weighted by Gasteiger charge is 2.04. The maximum Gasteiger partial charge on any atom is 0.120 e. The second kappa shape index (κ2) is 7.09. The van der Waals surface area contributed by atoms with Gasteiger partial charge in [0, 0.05) is 16.6 Å². The minimum Gasteiger partial charge on any atom is -0.489 e. The lowest BCUT2D eigenvalue weighted by atomic mass is 10.1. The second-order valence-electron chi connectivity index (χ2n) is 4.34. The molecule has 0 unspecified atom stereocenters. The fraction of sp³-hybridized carbons (Fsp3) is 0.188. The summed E-state index contributed by atoms with van der Waals surface area (Å²) < 4.78 is 6.83. The Kier molecular flexibility index (Phi) is 5.16. The van der Waals surface area contributed by atoms with Crippen LogP contribution >= 0.6 is 15.9 Å². The zero-order valence-corrected chi connectivity index (χ0v) is 12.8. The van der Waals surface area contributed by atoms with Crippen LogP contribution in [0.3, 0.4) is 0 Å². The van der Waals surface area contributed by atoms with Crippen molar-refractivity contribution in [3.8, 4) is 11.8 Å². The van der Waals surface area contributed by atoms with Crippen LogP contribution in [0.1, 0.15) is 16.7 Å². The molecule has 0 aliphatic carbocycles. The van der Waals surface area contributed by atoms with E-state index < -0.39 is 0 Å². The monoisotopic (exact) mass is 330 g/mol. The highest BCUT2D eigenvalue weighted by molar-refractivity contribution is 9.10. The number of benzene rings is 2. The summed E-state index contributed by atoms with van der Waals surface area (Å²) in [5.74, 6) is 0.797. The maximum atomic E-state index is 9.05. The van der Waals surface area contributed by atoms with Crippen LogP contribution in [0.25, 0.3) is 0 Å². The van der Waals surface area contributed by atoms with Gasteiger partial charge in [-0.2, -0.15) is 5.26 Å². The molecule has 2 aromatic carbocycles. The molecule has 0 aliphatic rings. The van der Waals surface area contributed by atoms with Gasteiger partial charge in [0.05, 0.1) is 11.6 Å². The fourth-order valence-electron chi connectivity index (χ4n) is 1.88. The number of hydrogen-bond donors (Lipinski definition) is 1. The van der Waals surface area contributed by atoms with Gasteiger partial charge in [-0.1, -0.05) is 34.1 Å². The van der Waals surface area contributed by atoms with E-state index in [0.29, 0.717) is 12.2 Å². The van der Waals surface area contributed by atoms with Crippen molar-refractivity contribution in [1.29, 1.82) is 5.26 Å². The fourth-order valence-corrected chi connectivity index (χ4v) is 2.27. The van der Waals surface area contributed by atoms with Gasteiger partial charge in [-0.05, 0) is 36.9 Å². The zero-order chi connectivity index (χ0) is 14.4. The largest absolute Gasteiger partial charge is 0.489 e. The third kappa shape index (κ3) is 3.60. The molecule has 0 atom stereocenters. The van der Waals surface area contributed by atoms with E-state index in [1.54, 1.807) is 6.07 Å². The van der Waals surface area contributed by atoms with E-state index in [1.807, 2.05) is 43.4 Å². The van der Waals surface area contributed by atoms with Crippen molar-refractivity contribution in [1.82, 2.24) is 5.32 Å². The van der Waals surface area contributed by atoms with Gasteiger partial charge in [0.15, 0.2) is 0 Å². The van der Waals surface area contributed by atoms with E-state index in [9.17, 15) is 0 Å². The third-order valence-corrected chi connectivity index (χ3v) is 3.69. The van der Waals surface area contributed by atoms with Gasteiger partial charge in [-0.3, -0.25) is 0 Å². The molecule has 102 valence electrons. The molecule has 0 aromatic heterocycles. The smallest absolute Gasteiger partial charge is 0.120 e. The molecule has 0 radical (unpaired) electrons. The number of nitrogens with one attached hydrogen (secondary N) is 1. The highest BCUT2D eigenvalue weighted by atomic mass is 79.9. The van der Waals surface area contributed by atoms with E-state index in [2.05, 4.69) is 27.3 Å². The van der Waals surface area contributed by atoms with E-state index in [0.717, 1.165) is 27.9 Å². The highest BCUT2D eigenvalue weighted by Crippen LogP contribution is 2.23. The molecule has 0 heterocycles. The molecule has 0 fully saturated rings. The number of rotatable bonds is 5. The molecule has 0 bridgehead atoms. The molecular formula is C16H15BrN2O. The van der Waals surface area contributed by atoms with Gasteiger partial charge < -0.3 is 10.1 Å². The summed E-state index contributed by atoms with van der Waals surface area (Å²) in [4.78, 5) is 0. The lowest BCUT2D eigenvalue weighted by Gasteiger charge is -2.10. The average molecular weight is 331 g/mol. The Morgan fingerprint density at radius 3 is 2.75 bits per heavy atom. The number of nitrogens with zero attached hydrogens (tertiary/aromatic N) is 1. The van der Waals surface area contributed by atoms with Crippen LogP contribution in [0, 0.1) is 11.3 Å². The standard InChI is InChI=1S/C16H15BrN2O/c1-19-10-14-8-15(6-7-16(14)17)20-11-13-5-3-2-4-12(13)9-18/h2-8,19H,10-11H2,1H3. The Hall–Kier alpha value is -1.83. The third-order valence-electron chi connectivity index (χ3n) is 2.92. The van der Waals surface area contributed by atoms with Crippen LogP contribution in [-0.4, -0.2) is 7.05 Å². The van der Waals surface area contributed by atoms with Crippen molar-refractivity contribution in [3.05, 3.63) is 63.6 Å². The average Bonchev–Trinajstić information content (AvgIpc) is 2.48. The molecule has 2 rings (SSSR count). The van der Waals surface area contributed by atoms with Crippen LogP contribution in [0.2, 0.25) is 0 Å². The Labute approximate surface area is 127 Å².